The zero-order valence-electron chi connectivity index (χ0n) is 16.2. The van der Waals surface area contributed by atoms with Gasteiger partial charge in [-0.1, -0.05) is 6.92 Å². The average Bonchev–Trinajstić information content (AvgIpc) is 3.25. The van der Waals surface area contributed by atoms with Gasteiger partial charge in [0, 0.05) is 4.88 Å². The number of carboxylic acid groups (broad SMARTS) is 1. The third-order valence-electron chi connectivity index (χ3n) is 5.85. The average molecular weight is 394 g/mol. The van der Waals surface area contributed by atoms with Crippen LogP contribution in [0.15, 0.2) is 0 Å². The van der Waals surface area contributed by atoms with E-state index in [1.165, 1.54) is 11.3 Å². The Kier molecular flexibility index (Phi) is 5.60. The molecule has 0 radical (unpaired) electrons. The number of ether oxygens (including phenoxy) is 1. The number of carbonyl (C=O) groups excluding carboxylic acids is 2. The summed E-state index contributed by atoms with van der Waals surface area (Å²) in [5, 5.41) is 13.0. The lowest BCUT2D eigenvalue weighted by Crippen LogP contribution is -2.38. The molecule has 6 nitrogen and oxygen atoms in total. The summed E-state index contributed by atoms with van der Waals surface area (Å²) in [7, 11) is 0. The molecular weight excluding hydrogens is 366 g/mol. The van der Waals surface area contributed by atoms with Gasteiger partial charge >= 0.3 is 11.9 Å². The molecule has 1 heterocycles. The first-order valence-corrected chi connectivity index (χ1v) is 10.4. The van der Waals surface area contributed by atoms with E-state index < -0.39 is 23.8 Å². The second kappa shape index (κ2) is 7.62. The first kappa shape index (κ1) is 19.9. The molecule has 0 aliphatic heterocycles. The van der Waals surface area contributed by atoms with Gasteiger partial charge in [-0.25, -0.2) is 4.79 Å². The predicted octanol–water partition coefficient (Wildman–Crippen LogP) is 3.87. The minimum Gasteiger partial charge on any atom is -0.481 e. The molecule has 2 N–H and O–H groups in total. The van der Waals surface area contributed by atoms with E-state index in [0.29, 0.717) is 17.0 Å². The predicted molar refractivity (Wildman–Crippen MR) is 103 cm³/mol. The summed E-state index contributed by atoms with van der Waals surface area (Å²) < 4.78 is 5.37. The molecule has 0 spiro atoms. The summed E-state index contributed by atoms with van der Waals surface area (Å²) in [6.45, 7) is 7.45. The fraction of sp³-hybridized carbons (Fsp3) is 0.650. The number of anilines is 1. The highest BCUT2D eigenvalue weighted by molar-refractivity contribution is 7.16. The van der Waals surface area contributed by atoms with E-state index in [1.807, 2.05) is 13.8 Å². The molecule has 0 saturated heterocycles. The van der Waals surface area contributed by atoms with Crippen molar-refractivity contribution in [3.8, 4) is 0 Å². The number of carboxylic acids is 1. The number of fused-ring (bicyclic) bond motifs is 2. The Morgan fingerprint density at radius 3 is 2.41 bits per heavy atom. The number of hydrogen-bond donors (Lipinski definition) is 2. The maximum absolute atomic E-state index is 13.0. The number of amides is 1. The van der Waals surface area contributed by atoms with Gasteiger partial charge in [-0.05, 0) is 63.9 Å². The highest BCUT2D eigenvalue weighted by atomic mass is 32.1. The first-order chi connectivity index (χ1) is 12.7. The van der Waals surface area contributed by atoms with Crippen LogP contribution < -0.4 is 5.32 Å². The highest BCUT2D eigenvalue weighted by Crippen LogP contribution is 2.53. The van der Waals surface area contributed by atoms with E-state index in [2.05, 4.69) is 5.32 Å². The van der Waals surface area contributed by atoms with Crippen LogP contribution in [0.4, 0.5) is 5.00 Å². The number of thiophene rings is 1. The summed E-state index contributed by atoms with van der Waals surface area (Å²) >= 11 is 1.36. The monoisotopic (exact) mass is 393 g/mol. The molecule has 1 aromatic heterocycles. The molecule has 27 heavy (non-hydrogen) atoms. The van der Waals surface area contributed by atoms with Crippen molar-refractivity contribution < 1.29 is 24.2 Å². The number of hydrogen-bond acceptors (Lipinski definition) is 5. The number of nitrogens with one attached hydrogen (secondary N) is 1. The van der Waals surface area contributed by atoms with Gasteiger partial charge in [0.1, 0.15) is 5.00 Å². The molecule has 2 aliphatic carbocycles. The molecule has 2 bridgehead atoms. The zero-order valence-corrected chi connectivity index (χ0v) is 17.0. The lowest BCUT2D eigenvalue weighted by molar-refractivity contribution is -0.148. The molecule has 7 heteroatoms. The number of esters is 1. The van der Waals surface area contributed by atoms with Gasteiger partial charge in [-0.3, -0.25) is 9.59 Å². The molecule has 1 amide bonds. The Morgan fingerprint density at radius 2 is 1.85 bits per heavy atom. The van der Waals surface area contributed by atoms with Crippen molar-refractivity contribution in [3.05, 3.63) is 16.0 Å². The minimum atomic E-state index is -0.890. The number of aliphatic carboxylic acids is 1. The van der Waals surface area contributed by atoms with Crippen LogP contribution >= 0.6 is 11.3 Å². The van der Waals surface area contributed by atoms with Crippen LogP contribution in [-0.2, 0) is 20.7 Å². The normalized spacial score (nSPS) is 26.4. The summed E-state index contributed by atoms with van der Waals surface area (Å²) in [5.41, 5.74) is 1.29. The van der Waals surface area contributed by atoms with Crippen molar-refractivity contribution >= 4 is 34.2 Å². The fourth-order valence-corrected chi connectivity index (χ4v) is 5.94. The molecule has 3 rings (SSSR count). The highest BCUT2D eigenvalue weighted by Gasteiger charge is 2.54. The molecule has 2 fully saturated rings. The third-order valence-corrected chi connectivity index (χ3v) is 6.91. The van der Waals surface area contributed by atoms with Gasteiger partial charge in [0.15, 0.2) is 0 Å². The standard InChI is InChI=1S/C20H27NO5S/c1-5-13-10(4)27-18(16(13)20(25)26-9(2)3)21-17(22)14-11-6-7-12(8-11)15(14)19(23)24/h9,11-12,14-15H,5-8H2,1-4H3,(H,21,22)(H,23,24)/t11-,12-,14+,15-/m0/s1. The van der Waals surface area contributed by atoms with Gasteiger partial charge in [0.05, 0.1) is 23.5 Å². The van der Waals surface area contributed by atoms with E-state index in [9.17, 15) is 19.5 Å². The van der Waals surface area contributed by atoms with Gasteiger partial charge in [0.2, 0.25) is 5.91 Å². The van der Waals surface area contributed by atoms with Crippen LogP contribution in [0.1, 0.15) is 60.8 Å². The number of aryl methyl sites for hydroxylation is 1. The van der Waals surface area contributed by atoms with Gasteiger partial charge in [-0.2, -0.15) is 0 Å². The number of rotatable bonds is 6. The SMILES string of the molecule is CCc1c(C)sc(NC(=O)[C@@H]2[C@H]3CC[C@@H](C3)[C@@H]2C(=O)O)c1C(=O)OC(C)C. The van der Waals surface area contributed by atoms with Crippen LogP contribution in [0.2, 0.25) is 0 Å². The van der Waals surface area contributed by atoms with Crippen LogP contribution in [0, 0.1) is 30.6 Å². The van der Waals surface area contributed by atoms with E-state index in [1.54, 1.807) is 13.8 Å². The minimum absolute atomic E-state index is 0.0879. The van der Waals surface area contributed by atoms with Crippen molar-refractivity contribution in [2.24, 2.45) is 23.7 Å². The van der Waals surface area contributed by atoms with Crippen LogP contribution in [-0.4, -0.2) is 29.1 Å². The molecule has 1 aromatic rings. The third kappa shape index (κ3) is 3.61. The zero-order chi connectivity index (χ0) is 19.9. The Bertz CT molecular complexity index is 769. The van der Waals surface area contributed by atoms with Gasteiger partial charge in [0.25, 0.3) is 0 Å². The smallest absolute Gasteiger partial charge is 0.341 e. The lowest BCUT2D eigenvalue weighted by Gasteiger charge is -2.27. The van der Waals surface area contributed by atoms with Crippen molar-refractivity contribution in [1.82, 2.24) is 0 Å². The Morgan fingerprint density at radius 1 is 1.22 bits per heavy atom. The lowest BCUT2D eigenvalue weighted by atomic mass is 9.79. The first-order valence-electron chi connectivity index (χ1n) is 9.61. The van der Waals surface area contributed by atoms with Crippen LogP contribution in [0.25, 0.3) is 0 Å². The quantitative estimate of drug-likeness (QED) is 0.716. The summed E-state index contributed by atoms with van der Waals surface area (Å²) in [6.07, 6.45) is 2.99. The van der Waals surface area contributed by atoms with Gasteiger partial charge < -0.3 is 15.2 Å². The Labute approximate surface area is 163 Å². The van der Waals surface area contributed by atoms with Crippen molar-refractivity contribution in [2.75, 3.05) is 5.32 Å². The molecular formula is C20H27NO5S. The van der Waals surface area contributed by atoms with Crippen LogP contribution in [0.3, 0.4) is 0 Å². The summed E-state index contributed by atoms with van der Waals surface area (Å²) in [6, 6.07) is 0. The topological polar surface area (TPSA) is 92.7 Å². The maximum atomic E-state index is 13.0. The van der Waals surface area contributed by atoms with Crippen molar-refractivity contribution in [1.29, 1.82) is 0 Å². The van der Waals surface area contributed by atoms with E-state index in [-0.39, 0.29) is 23.8 Å². The van der Waals surface area contributed by atoms with Crippen molar-refractivity contribution in [2.45, 2.75) is 59.5 Å². The van der Waals surface area contributed by atoms with Crippen LogP contribution in [0.5, 0.6) is 0 Å². The maximum Gasteiger partial charge on any atom is 0.341 e. The fourth-order valence-electron chi connectivity index (χ4n) is 4.80. The largest absolute Gasteiger partial charge is 0.481 e. The summed E-state index contributed by atoms with van der Waals surface area (Å²) in [4.78, 5) is 38.3. The van der Waals surface area contributed by atoms with E-state index >= 15 is 0 Å². The van der Waals surface area contributed by atoms with E-state index in [0.717, 1.165) is 29.7 Å². The summed E-state index contributed by atoms with van der Waals surface area (Å²) in [5.74, 6) is -2.55. The van der Waals surface area contributed by atoms with Gasteiger partial charge in [-0.15, -0.1) is 11.3 Å². The second-order valence-corrected chi connectivity index (χ2v) is 9.09. The molecule has 0 aromatic carbocycles. The molecule has 148 valence electrons. The Hall–Kier alpha value is -1.89. The van der Waals surface area contributed by atoms with Crippen molar-refractivity contribution in [3.63, 3.8) is 0 Å². The number of carbonyl (C=O) groups is 3. The Balaban J connectivity index is 1.88. The molecule has 4 atom stereocenters. The molecule has 0 unspecified atom stereocenters. The van der Waals surface area contributed by atoms with E-state index in [4.69, 9.17) is 4.74 Å². The second-order valence-electron chi connectivity index (χ2n) is 7.86. The molecule has 2 aliphatic rings. The molecule has 2 saturated carbocycles.